The van der Waals surface area contributed by atoms with E-state index >= 15 is 0 Å². The first-order chi connectivity index (χ1) is 15.4. The SMILES string of the molecule is Cc1ccc([C@]2(c3ccccc3)NC(=O)N(CC(=O)NCC3CCCCC3)C2=O)cc1C. The third kappa shape index (κ3) is 4.14. The van der Waals surface area contributed by atoms with E-state index in [2.05, 4.69) is 10.6 Å². The predicted octanol–water partition coefficient (Wildman–Crippen LogP) is 3.80. The minimum Gasteiger partial charge on any atom is -0.354 e. The molecule has 0 bridgehead atoms. The molecule has 1 atom stereocenters. The maximum atomic E-state index is 13.7. The van der Waals surface area contributed by atoms with Crippen LogP contribution in [0.1, 0.15) is 54.4 Å². The van der Waals surface area contributed by atoms with Crippen LogP contribution in [0.25, 0.3) is 0 Å². The van der Waals surface area contributed by atoms with Crippen molar-refractivity contribution in [1.82, 2.24) is 15.5 Å². The van der Waals surface area contributed by atoms with Gasteiger partial charge in [0.05, 0.1) is 0 Å². The summed E-state index contributed by atoms with van der Waals surface area (Å²) in [5.41, 5.74) is 2.15. The normalized spacial score (nSPS) is 21.5. The van der Waals surface area contributed by atoms with Gasteiger partial charge in [-0.15, -0.1) is 0 Å². The number of nitrogens with zero attached hydrogens (tertiary/aromatic N) is 1. The molecule has 0 radical (unpaired) electrons. The van der Waals surface area contributed by atoms with Crippen LogP contribution in [0.3, 0.4) is 0 Å². The molecule has 1 heterocycles. The summed E-state index contributed by atoms with van der Waals surface area (Å²) < 4.78 is 0. The molecule has 6 nitrogen and oxygen atoms in total. The first-order valence-electron chi connectivity index (χ1n) is 11.5. The molecule has 4 rings (SSSR count). The Kier molecular flexibility index (Phi) is 6.31. The quantitative estimate of drug-likeness (QED) is 0.681. The van der Waals surface area contributed by atoms with Gasteiger partial charge in [-0.2, -0.15) is 0 Å². The van der Waals surface area contributed by atoms with Gasteiger partial charge in [-0.05, 0) is 54.9 Å². The van der Waals surface area contributed by atoms with E-state index in [1.165, 1.54) is 19.3 Å². The molecule has 2 N–H and O–H groups in total. The maximum absolute atomic E-state index is 13.7. The van der Waals surface area contributed by atoms with E-state index < -0.39 is 17.5 Å². The Morgan fingerprint density at radius 3 is 2.41 bits per heavy atom. The third-order valence-corrected chi connectivity index (χ3v) is 6.87. The number of imide groups is 1. The molecule has 0 aromatic heterocycles. The molecular formula is C26H31N3O3. The van der Waals surface area contributed by atoms with Gasteiger partial charge in [-0.25, -0.2) is 4.79 Å². The monoisotopic (exact) mass is 433 g/mol. The van der Waals surface area contributed by atoms with E-state index in [-0.39, 0.29) is 12.5 Å². The smallest absolute Gasteiger partial charge is 0.326 e. The van der Waals surface area contributed by atoms with Crippen molar-refractivity contribution in [2.24, 2.45) is 5.92 Å². The highest BCUT2D eigenvalue weighted by molar-refractivity contribution is 6.11. The molecule has 1 saturated carbocycles. The molecule has 168 valence electrons. The number of carbonyl (C=O) groups excluding carboxylic acids is 3. The van der Waals surface area contributed by atoms with E-state index in [0.717, 1.165) is 28.9 Å². The van der Waals surface area contributed by atoms with Crippen molar-refractivity contribution in [3.8, 4) is 0 Å². The molecule has 1 aliphatic carbocycles. The zero-order valence-electron chi connectivity index (χ0n) is 18.8. The average Bonchev–Trinajstić information content (AvgIpc) is 3.06. The molecule has 2 aromatic rings. The van der Waals surface area contributed by atoms with Gasteiger partial charge in [0.1, 0.15) is 6.54 Å². The molecule has 0 unspecified atom stereocenters. The molecule has 6 heteroatoms. The van der Waals surface area contributed by atoms with Crippen LogP contribution in [-0.4, -0.2) is 35.8 Å². The number of nitrogens with one attached hydrogen (secondary N) is 2. The highest BCUT2D eigenvalue weighted by Crippen LogP contribution is 2.36. The Labute approximate surface area is 189 Å². The van der Waals surface area contributed by atoms with E-state index in [0.29, 0.717) is 23.6 Å². The topological polar surface area (TPSA) is 78.5 Å². The van der Waals surface area contributed by atoms with Crippen molar-refractivity contribution in [3.63, 3.8) is 0 Å². The molecule has 1 aliphatic heterocycles. The first kappa shape index (κ1) is 22.1. The molecule has 2 aromatic carbocycles. The Hall–Kier alpha value is -3.15. The molecule has 2 aliphatic rings. The van der Waals surface area contributed by atoms with Gasteiger partial charge < -0.3 is 10.6 Å². The lowest BCUT2D eigenvalue weighted by Crippen LogP contribution is -2.46. The van der Waals surface area contributed by atoms with Gasteiger partial charge in [-0.1, -0.05) is 67.8 Å². The lowest BCUT2D eigenvalue weighted by Gasteiger charge is -2.28. The minimum atomic E-state index is -1.35. The van der Waals surface area contributed by atoms with Crippen LogP contribution in [0.4, 0.5) is 4.79 Å². The van der Waals surface area contributed by atoms with Crippen molar-refractivity contribution < 1.29 is 14.4 Å². The van der Waals surface area contributed by atoms with E-state index in [9.17, 15) is 14.4 Å². The standard InChI is InChI=1S/C26H31N3O3/c1-18-13-14-22(15-19(18)2)26(21-11-7-4-8-12-21)24(31)29(25(32)28-26)17-23(30)27-16-20-9-5-3-6-10-20/h4,7-8,11-15,20H,3,5-6,9-10,16-17H2,1-2H3,(H,27,30)(H,28,32)/t26-/m0/s1. The second-order valence-corrected chi connectivity index (χ2v) is 9.04. The number of carbonyl (C=O) groups is 3. The number of hydrogen-bond acceptors (Lipinski definition) is 3. The highest BCUT2D eigenvalue weighted by atomic mass is 16.2. The van der Waals surface area contributed by atoms with Crippen molar-refractivity contribution in [1.29, 1.82) is 0 Å². The molecule has 32 heavy (non-hydrogen) atoms. The van der Waals surface area contributed by atoms with Crippen molar-refractivity contribution in [3.05, 3.63) is 70.8 Å². The second-order valence-electron chi connectivity index (χ2n) is 9.04. The van der Waals surface area contributed by atoms with Gasteiger partial charge in [0, 0.05) is 6.54 Å². The number of amides is 4. The fourth-order valence-electron chi connectivity index (χ4n) is 4.79. The molecular weight excluding hydrogens is 402 g/mol. The largest absolute Gasteiger partial charge is 0.354 e. The van der Waals surface area contributed by atoms with Crippen LogP contribution in [0.2, 0.25) is 0 Å². The van der Waals surface area contributed by atoms with Gasteiger partial charge in [0.2, 0.25) is 5.91 Å². The average molecular weight is 434 g/mol. The fourth-order valence-corrected chi connectivity index (χ4v) is 4.79. The number of urea groups is 1. The number of benzene rings is 2. The van der Waals surface area contributed by atoms with E-state index in [1.807, 2.05) is 62.4 Å². The molecule has 1 saturated heterocycles. The summed E-state index contributed by atoms with van der Waals surface area (Å²) in [6, 6.07) is 14.4. The summed E-state index contributed by atoms with van der Waals surface area (Å²) >= 11 is 0. The van der Waals surface area contributed by atoms with Crippen LogP contribution in [0.5, 0.6) is 0 Å². The van der Waals surface area contributed by atoms with Crippen molar-refractivity contribution >= 4 is 17.8 Å². The Bertz CT molecular complexity index is 1010. The summed E-state index contributed by atoms with van der Waals surface area (Å²) in [5.74, 6) is -0.248. The van der Waals surface area contributed by atoms with E-state index in [1.54, 1.807) is 0 Å². The van der Waals surface area contributed by atoms with Crippen LogP contribution in [0, 0.1) is 19.8 Å². The second kappa shape index (κ2) is 9.15. The summed E-state index contributed by atoms with van der Waals surface area (Å²) in [5, 5.41) is 5.85. The van der Waals surface area contributed by atoms with Crippen LogP contribution in [0.15, 0.2) is 48.5 Å². The van der Waals surface area contributed by atoms with Crippen molar-refractivity contribution in [2.45, 2.75) is 51.5 Å². The number of rotatable bonds is 6. The summed E-state index contributed by atoms with van der Waals surface area (Å²) in [6.45, 7) is 4.31. The van der Waals surface area contributed by atoms with Gasteiger partial charge in [-0.3, -0.25) is 14.5 Å². The Balaban J connectivity index is 1.59. The van der Waals surface area contributed by atoms with Crippen LogP contribution < -0.4 is 10.6 Å². The third-order valence-electron chi connectivity index (χ3n) is 6.87. The lowest BCUT2D eigenvalue weighted by atomic mass is 9.81. The minimum absolute atomic E-state index is 0.281. The van der Waals surface area contributed by atoms with Crippen LogP contribution >= 0.6 is 0 Å². The van der Waals surface area contributed by atoms with E-state index in [4.69, 9.17) is 0 Å². The highest BCUT2D eigenvalue weighted by Gasteiger charge is 2.54. The fraction of sp³-hybridized carbons (Fsp3) is 0.423. The Morgan fingerprint density at radius 1 is 1.00 bits per heavy atom. The Morgan fingerprint density at radius 2 is 1.72 bits per heavy atom. The zero-order chi connectivity index (χ0) is 22.7. The number of hydrogen-bond donors (Lipinski definition) is 2. The maximum Gasteiger partial charge on any atom is 0.326 e. The number of aryl methyl sites for hydroxylation is 2. The van der Waals surface area contributed by atoms with Crippen molar-refractivity contribution in [2.75, 3.05) is 13.1 Å². The molecule has 2 fully saturated rings. The zero-order valence-corrected chi connectivity index (χ0v) is 18.8. The molecule has 0 spiro atoms. The first-order valence-corrected chi connectivity index (χ1v) is 11.5. The van der Waals surface area contributed by atoms with Gasteiger partial charge >= 0.3 is 6.03 Å². The van der Waals surface area contributed by atoms with Gasteiger partial charge in [0.25, 0.3) is 5.91 Å². The molecule has 4 amide bonds. The summed E-state index contributed by atoms with van der Waals surface area (Å²) in [7, 11) is 0. The van der Waals surface area contributed by atoms with Crippen LogP contribution in [-0.2, 0) is 15.1 Å². The summed E-state index contributed by atoms with van der Waals surface area (Å²) in [6.07, 6.45) is 5.89. The predicted molar refractivity (Wildman–Crippen MR) is 123 cm³/mol. The van der Waals surface area contributed by atoms with Gasteiger partial charge in [0.15, 0.2) is 5.54 Å². The summed E-state index contributed by atoms with van der Waals surface area (Å²) in [4.78, 5) is 40.4. The lowest BCUT2D eigenvalue weighted by molar-refractivity contribution is -0.134.